The molecule has 0 bridgehead atoms. The van der Waals surface area contributed by atoms with Gasteiger partial charge in [-0.15, -0.1) is 0 Å². The molecule has 27 heavy (non-hydrogen) atoms. The SMILES string of the molecule is COC(=O)c1cc(Cl)nc2ccc(NC(=O)c3cccc(OC)c3)c(Br)c12. The van der Waals surface area contributed by atoms with Crippen molar-refractivity contribution in [3.8, 4) is 5.75 Å². The predicted molar refractivity (Wildman–Crippen MR) is 107 cm³/mol. The maximum Gasteiger partial charge on any atom is 0.338 e. The number of rotatable bonds is 4. The molecule has 0 atom stereocenters. The average Bonchev–Trinajstić information content (AvgIpc) is 2.68. The van der Waals surface area contributed by atoms with E-state index in [1.807, 2.05) is 0 Å². The molecule has 1 aromatic heterocycles. The van der Waals surface area contributed by atoms with Gasteiger partial charge in [-0.3, -0.25) is 4.79 Å². The Bertz CT molecular complexity index is 1060. The van der Waals surface area contributed by atoms with Crippen molar-refractivity contribution in [3.63, 3.8) is 0 Å². The van der Waals surface area contributed by atoms with Crippen LogP contribution < -0.4 is 10.1 Å². The summed E-state index contributed by atoms with van der Waals surface area (Å²) in [6, 6.07) is 11.5. The molecule has 0 radical (unpaired) electrons. The lowest BCUT2D eigenvalue weighted by molar-refractivity contribution is 0.0602. The molecule has 0 aliphatic carbocycles. The molecule has 1 amide bonds. The highest BCUT2D eigenvalue weighted by Crippen LogP contribution is 2.35. The number of hydrogen-bond acceptors (Lipinski definition) is 5. The van der Waals surface area contributed by atoms with E-state index in [4.69, 9.17) is 21.1 Å². The number of pyridine rings is 1. The molecule has 0 saturated heterocycles. The van der Waals surface area contributed by atoms with Crippen LogP contribution in [0, 0.1) is 0 Å². The highest BCUT2D eigenvalue weighted by Gasteiger charge is 2.19. The number of fused-ring (bicyclic) bond motifs is 1. The molecule has 0 aliphatic rings. The van der Waals surface area contributed by atoms with Gasteiger partial charge in [0, 0.05) is 10.9 Å². The highest BCUT2D eigenvalue weighted by molar-refractivity contribution is 9.10. The molecular weight excluding hydrogens is 436 g/mol. The average molecular weight is 450 g/mol. The molecule has 0 spiro atoms. The van der Waals surface area contributed by atoms with Crippen molar-refractivity contribution in [3.05, 3.63) is 63.2 Å². The van der Waals surface area contributed by atoms with Gasteiger partial charge < -0.3 is 14.8 Å². The number of benzene rings is 2. The zero-order chi connectivity index (χ0) is 19.6. The van der Waals surface area contributed by atoms with Crippen LogP contribution in [0.5, 0.6) is 5.75 Å². The quantitative estimate of drug-likeness (QED) is 0.461. The minimum absolute atomic E-state index is 0.169. The first-order valence-electron chi connectivity index (χ1n) is 7.77. The first-order chi connectivity index (χ1) is 12.9. The second-order valence-corrected chi connectivity index (χ2v) is 6.67. The molecule has 0 saturated carbocycles. The van der Waals surface area contributed by atoms with Crippen LogP contribution in [0.2, 0.25) is 5.15 Å². The second kappa shape index (κ2) is 7.94. The van der Waals surface area contributed by atoms with Gasteiger partial charge in [0.15, 0.2) is 0 Å². The smallest absolute Gasteiger partial charge is 0.338 e. The lowest BCUT2D eigenvalue weighted by Gasteiger charge is -2.12. The van der Waals surface area contributed by atoms with Gasteiger partial charge in [0.25, 0.3) is 5.91 Å². The van der Waals surface area contributed by atoms with E-state index in [2.05, 4.69) is 26.2 Å². The van der Waals surface area contributed by atoms with Crippen LogP contribution in [-0.2, 0) is 4.74 Å². The Morgan fingerprint density at radius 1 is 1.15 bits per heavy atom. The van der Waals surface area contributed by atoms with Crippen molar-refractivity contribution in [1.29, 1.82) is 0 Å². The molecule has 0 aliphatic heterocycles. The number of methoxy groups -OCH3 is 2. The Morgan fingerprint density at radius 3 is 2.63 bits per heavy atom. The van der Waals surface area contributed by atoms with E-state index in [1.54, 1.807) is 36.4 Å². The van der Waals surface area contributed by atoms with Crippen molar-refractivity contribution in [1.82, 2.24) is 4.98 Å². The first kappa shape index (κ1) is 19.1. The summed E-state index contributed by atoms with van der Waals surface area (Å²) in [5.74, 6) is -0.302. The third-order valence-electron chi connectivity index (χ3n) is 3.87. The first-order valence-corrected chi connectivity index (χ1v) is 8.94. The molecule has 1 N–H and O–H groups in total. The summed E-state index contributed by atoms with van der Waals surface area (Å²) in [5, 5.41) is 3.48. The van der Waals surface area contributed by atoms with Gasteiger partial charge in [-0.2, -0.15) is 0 Å². The van der Waals surface area contributed by atoms with E-state index in [0.717, 1.165) is 0 Å². The summed E-state index contributed by atoms with van der Waals surface area (Å²) >= 11 is 9.45. The van der Waals surface area contributed by atoms with Gasteiger partial charge >= 0.3 is 5.97 Å². The van der Waals surface area contributed by atoms with Crippen molar-refractivity contribution >= 4 is 56.0 Å². The summed E-state index contributed by atoms with van der Waals surface area (Å²) in [6.45, 7) is 0. The number of halogens is 2. The number of hydrogen-bond donors (Lipinski definition) is 1. The number of nitrogens with one attached hydrogen (secondary N) is 1. The largest absolute Gasteiger partial charge is 0.497 e. The van der Waals surface area contributed by atoms with Crippen LogP contribution in [0.1, 0.15) is 20.7 Å². The molecule has 2 aromatic carbocycles. The Kier molecular flexibility index (Phi) is 5.62. The van der Waals surface area contributed by atoms with Crippen LogP contribution in [-0.4, -0.2) is 31.1 Å². The van der Waals surface area contributed by atoms with Gasteiger partial charge in [-0.05, 0) is 52.3 Å². The number of carbonyl (C=O) groups excluding carboxylic acids is 2. The summed E-state index contributed by atoms with van der Waals surface area (Å²) in [4.78, 5) is 28.9. The van der Waals surface area contributed by atoms with Crippen LogP contribution >= 0.6 is 27.5 Å². The van der Waals surface area contributed by atoms with Gasteiger partial charge in [0.05, 0.1) is 35.5 Å². The molecule has 0 fully saturated rings. The maximum absolute atomic E-state index is 12.6. The van der Waals surface area contributed by atoms with Gasteiger partial charge in [0.2, 0.25) is 0 Å². The normalized spacial score (nSPS) is 10.5. The third-order valence-corrected chi connectivity index (χ3v) is 4.88. The van der Waals surface area contributed by atoms with Gasteiger partial charge in [-0.25, -0.2) is 9.78 Å². The van der Waals surface area contributed by atoms with Crippen LogP contribution in [0.4, 0.5) is 5.69 Å². The lowest BCUT2D eigenvalue weighted by Crippen LogP contribution is -2.13. The van der Waals surface area contributed by atoms with Crippen molar-refractivity contribution in [2.75, 3.05) is 19.5 Å². The van der Waals surface area contributed by atoms with E-state index in [9.17, 15) is 9.59 Å². The summed E-state index contributed by atoms with van der Waals surface area (Å²) < 4.78 is 10.5. The molecule has 1 heterocycles. The van der Waals surface area contributed by atoms with Gasteiger partial charge in [0.1, 0.15) is 10.9 Å². The minimum atomic E-state index is -0.554. The Hall–Kier alpha value is -2.64. The number of amides is 1. The maximum atomic E-state index is 12.6. The Labute approximate surface area is 168 Å². The topological polar surface area (TPSA) is 77.5 Å². The minimum Gasteiger partial charge on any atom is -0.497 e. The zero-order valence-corrected chi connectivity index (χ0v) is 16.7. The van der Waals surface area contributed by atoms with E-state index >= 15 is 0 Å². The summed E-state index contributed by atoms with van der Waals surface area (Å²) in [5.41, 5.74) is 1.65. The fourth-order valence-electron chi connectivity index (χ4n) is 2.58. The molecule has 0 unspecified atom stereocenters. The summed E-state index contributed by atoms with van der Waals surface area (Å²) in [6.07, 6.45) is 0. The fourth-order valence-corrected chi connectivity index (χ4v) is 3.43. The molecule has 3 aromatic rings. The molecule has 138 valence electrons. The number of anilines is 1. The van der Waals surface area contributed by atoms with Crippen molar-refractivity contribution in [2.45, 2.75) is 0 Å². The summed E-state index contributed by atoms with van der Waals surface area (Å²) in [7, 11) is 2.81. The monoisotopic (exact) mass is 448 g/mol. The molecule has 8 heteroatoms. The van der Waals surface area contributed by atoms with Crippen LogP contribution in [0.25, 0.3) is 10.9 Å². The number of esters is 1. The van der Waals surface area contributed by atoms with Crippen LogP contribution in [0.15, 0.2) is 46.9 Å². The zero-order valence-electron chi connectivity index (χ0n) is 14.4. The molecule has 3 rings (SSSR count). The number of ether oxygens (including phenoxy) is 2. The Morgan fingerprint density at radius 2 is 1.93 bits per heavy atom. The predicted octanol–water partition coefficient (Wildman–Crippen LogP) is 4.70. The van der Waals surface area contributed by atoms with E-state index in [-0.39, 0.29) is 16.6 Å². The van der Waals surface area contributed by atoms with Gasteiger partial charge in [-0.1, -0.05) is 17.7 Å². The highest BCUT2D eigenvalue weighted by atomic mass is 79.9. The number of nitrogens with zero attached hydrogens (tertiary/aromatic N) is 1. The standard InChI is InChI=1S/C19H14BrClN2O4/c1-26-11-5-3-4-10(8-11)18(24)23-14-7-6-13-16(17(14)20)12(19(25)27-2)9-15(21)22-13/h3-9H,1-2H3,(H,23,24). The van der Waals surface area contributed by atoms with Crippen molar-refractivity contribution in [2.24, 2.45) is 0 Å². The van der Waals surface area contributed by atoms with E-state index in [0.29, 0.717) is 32.4 Å². The van der Waals surface area contributed by atoms with Crippen molar-refractivity contribution < 1.29 is 19.1 Å². The molecular formula is C19H14BrClN2O4. The lowest BCUT2D eigenvalue weighted by atomic mass is 10.1. The number of aromatic nitrogens is 1. The second-order valence-electron chi connectivity index (χ2n) is 5.49. The third kappa shape index (κ3) is 3.89. The fraction of sp³-hybridized carbons (Fsp3) is 0.105. The van der Waals surface area contributed by atoms with E-state index in [1.165, 1.54) is 20.3 Å². The Balaban J connectivity index is 2.05. The number of carbonyl (C=O) groups is 2. The van der Waals surface area contributed by atoms with Crippen LogP contribution in [0.3, 0.4) is 0 Å². The molecule has 6 nitrogen and oxygen atoms in total. The van der Waals surface area contributed by atoms with E-state index < -0.39 is 5.97 Å².